The molecule has 0 aromatic carbocycles. The first kappa shape index (κ1) is 16.0. The largest absolute Gasteiger partial charge is 0.481 e. The highest BCUT2D eigenvalue weighted by atomic mass is 16.5. The van der Waals surface area contributed by atoms with Crippen LogP contribution in [0.2, 0.25) is 0 Å². The molecule has 1 N–H and O–H groups in total. The van der Waals surface area contributed by atoms with E-state index in [0.29, 0.717) is 31.1 Å². The van der Waals surface area contributed by atoms with Gasteiger partial charge < -0.3 is 19.4 Å². The molecule has 0 bridgehead atoms. The molecule has 0 saturated heterocycles. The van der Waals surface area contributed by atoms with Crippen molar-refractivity contribution >= 4 is 5.91 Å². The maximum absolute atomic E-state index is 12.0. The minimum Gasteiger partial charge on any atom is -0.481 e. The highest BCUT2D eigenvalue weighted by Gasteiger charge is 2.09. The molecule has 0 aliphatic rings. The van der Waals surface area contributed by atoms with Gasteiger partial charge in [0, 0.05) is 44.4 Å². The number of methoxy groups -OCH3 is 2. The first-order valence-corrected chi connectivity index (χ1v) is 6.94. The molecule has 0 atom stereocenters. The van der Waals surface area contributed by atoms with Crippen LogP contribution in [0.4, 0.5) is 0 Å². The van der Waals surface area contributed by atoms with E-state index in [1.807, 2.05) is 11.5 Å². The van der Waals surface area contributed by atoms with Crippen LogP contribution in [-0.4, -0.2) is 41.2 Å². The van der Waals surface area contributed by atoms with E-state index in [2.05, 4.69) is 15.3 Å². The molecule has 118 valence electrons. The highest BCUT2D eigenvalue weighted by molar-refractivity contribution is 5.93. The summed E-state index contributed by atoms with van der Waals surface area (Å²) in [6, 6.07) is 3.34. The highest BCUT2D eigenvalue weighted by Crippen LogP contribution is 2.07. The number of amides is 1. The van der Waals surface area contributed by atoms with Gasteiger partial charge in [-0.1, -0.05) is 0 Å². The van der Waals surface area contributed by atoms with Crippen LogP contribution >= 0.6 is 0 Å². The van der Waals surface area contributed by atoms with Gasteiger partial charge >= 0.3 is 0 Å². The number of imidazole rings is 1. The number of nitrogens with one attached hydrogen (secondary N) is 1. The quantitative estimate of drug-likeness (QED) is 0.831. The number of rotatable bonds is 7. The second-order valence-corrected chi connectivity index (χ2v) is 4.75. The summed E-state index contributed by atoms with van der Waals surface area (Å²) < 4.78 is 12.1. The molecule has 2 rings (SSSR count). The lowest BCUT2D eigenvalue weighted by Crippen LogP contribution is -2.28. The zero-order valence-corrected chi connectivity index (χ0v) is 13.0. The number of ether oxygens (including phenoxy) is 2. The summed E-state index contributed by atoms with van der Waals surface area (Å²) in [6.45, 7) is 3.56. The number of carbonyl (C=O) groups excluding carboxylic acids is 1. The molecule has 0 spiro atoms. The van der Waals surface area contributed by atoms with E-state index < -0.39 is 0 Å². The molecule has 1 amide bonds. The normalized spacial score (nSPS) is 10.5. The Labute approximate surface area is 129 Å². The van der Waals surface area contributed by atoms with E-state index in [9.17, 15) is 4.79 Å². The Morgan fingerprint density at radius 1 is 1.27 bits per heavy atom. The van der Waals surface area contributed by atoms with Gasteiger partial charge in [0.2, 0.25) is 5.88 Å². The van der Waals surface area contributed by atoms with Crippen LogP contribution in [0.1, 0.15) is 21.9 Å². The number of hydrogen-bond donors (Lipinski definition) is 1. The number of nitrogens with zero attached hydrogens (tertiary/aromatic N) is 3. The molecular formula is C15H20N4O3. The first-order chi connectivity index (χ1) is 10.7. The Morgan fingerprint density at radius 3 is 2.73 bits per heavy atom. The third-order valence-corrected chi connectivity index (χ3v) is 3.24. The summed E-state index contributed by atoms with van der Waals surface area (Å²) in [7, 11) is 3.17. The van der Waals surface area contributed by atoms with Crippen molar-refractivity contribution in [1.82, 2.24) is 19.9 Å². The van der Waals surface area contributed by atoms with Crippen molar-refractivity contribution in [2.75, 3.05) is 20.8 Å². The van der Waals surface area contributed by atoms with Crippen molar-refractivity contribution < 1.29 is 14.3 Å². The van der Waals surface area contributed by atoms with Crippen LogP contribution in [-0.2, 0) is 17.9 Å². The topological polar surface area (TPSA) is 78.3 Å². The minimum atomic E-state index is -0.166. The fraction of sp³-hybridized carbons (Fsp3) is 0.400. The van der Waals surface area contributed by atoms with Gasteiger partial charge in [0.15, 0.2) is 0 Å². The zero-order valence-electron chi connectivity index (χ0n) is 13.0. The number of aryl methyl sites for hydroxylation is 1. The maximum Gasteiger partial charge on any atom is 0.252 e. The van der Waals surface area contributed by atoms with Gasteiger partial charge in [0.25, 0.3) is 5.91 Å². The minimum absolute atomic E-state index is 0.166. The molecule has 2 heterocycles. The molecule has 0 fully saturated rings. The summed E-state index contributed by atoms with van der Waals surface area (Å²) in [5.74, 6) is 1.16. The van der Waals surface area contributed by atoms with Crippen molar-refractivity contribution in [3.63, 3.8) is 0 Å². The number of hydrogen-bond acceptors (Lipinski definition) is 5. The third-order valence-electron chi connectivity index (χ3n) is 3.24. The molecule has 0 saturated carbocycles. The van der Waals surface area contributed by atoms with Crippen LogP contribution in [0.15, 0.2) is 24.5 Å². The molecule has 22 heavy (non-hydrogen) atoms. The van der Waals surface area contributed by atoms with Gasteiger partial charge in [-0.3, -0.25) is 4.79 Å². The third kappa shape index (κ3) is 3.82. The lowest BCUT2D eigenvalue weighted by molar-refractivity contribution is 0.0951. The summed E-state index contributed by atoms with van der Waals surface area (Å²) in [4.78, 5) is 20.3. The molecule has 7 heteroatoms. The lowest BCUT2D eigenvalue weighted by Gasteiger charge is -2.11. The van der Waals surface area contributed by atoms with Gasteiger partial charge in [-0.15, -0.1) is 0 Å². The maximum atomic E-state index is 12.0. The van der Waals surface area contributed by atoms with Crippen molar-refractivity contribution in [2.45, 2.75) is 20.1 Å². The first-order valence-electron chi connectivity index (χ1n) is 6.94. The van der Waals surface area contributed by atoms with Gasteiger partial charge in [0.1, 0.15) is 12.4 Å². The standard InChI is InChI=1S/C15H20N4O3/c1-11-8-17-13(10-21-2)19(11)7-6-16-15(20)12-4-5-14(22-3)18-9-12/h4-5,8-9H,6-7,10H2,1-3H3,(H,16,20). The molecule has 0 aliphatic carbocycles. The molecular weight excluding hydrogens is 284 g/mol. The Balaban J connectivity index is 1.90. The van der Waals surface area contributed by atoms with E-state index in [-0.39, 0.29) is 5.91 Å². The summed E-state index contributed by atoms with van der Waals surface area (Å²) in [6.07, 6.45) is 3.29. The van der Waals surface area contributed by atoms with E-state index >= 15 is 0 Å². The number of pyridine rings is 1. The van der Waals surface area contributed by atoms with E-state index in [1.165, 1.54) is 13.3 Å². The van der Waals surface area contributed by atoms with Crippen LogP contribution < -0.4 is 10.1 Å². The molecule has 2 aromatic rings. The molecule has 7 nitrogen and oxygen atoms in total. The van der Waals surface area contributed by atoms with Crippen molar-refractivity contribution in [3.05, 3.63) is 41.6 Å². The molecule has 0 radical (unpaired) electrons. The zero-order chi connectivity index (χ0) is 15.9. The number of carbonyl (C=O) groups is 1. The van der Waals surface area contributed by atoms with E-state index in [1.54, 1.807) is 25.4 Å². The van der Waals surface area contributed by atoms with Crippen LogP contribution in [0.25, 0.3) is 0 Å². The average Bonchev–Trinajstić information content (AvgIpc) is 2.88. The predicted octanol–water partition coefficient (Wildman–Crippen LogP) is 1.17. The average molecular weight is 304 g/mol. The fourth-order valence-electron chi connectivity index (χ4n) is 2.08. The predicted molar refractivity (Wildman–Crippen MR) is 80.8 cm³/mol. The lowest BCUT2D eigenvalue weighted by atomic mass is 10.2. The summed E-state index contributed by atoms with van der Waals surface area (Å²) in [5, 5.41) is 2.86. The smallest absolute Gasteiger partial charge is 0.252 e. The Hall–Kier alpha value is -2.41. The fourth-order valence-corrected chi connectivity index (χ4v) is 2.08. The number of aromatic nitrogens is 3. The van der Waals surface area contributed by atoms with Crippen LogP contribution in [0.3, 0.4) is 0 Å². The monoisotopic (exact) mass is 304 g/mol. The van der Waals surface area contributed by atoms with Gasteiger partial charge in [-0.25, -0.2) is 9.97 Å². The summed E-state index contributed by atoms with van der Waals surface area (Å²) in [5.41, 5.74) is 1.53. The van der Waals surface area contributed by atoms with E-state index in [4.69, 9.17) is 9.47 Å². The molecule has 0 unspecified atom stereocenters. The Morgan fingerprint density at radius 2 is 2.09 bits per heavy atom. The van der Waals surface area contributed by atoms with Crippen molar-refractivity contribution in [1.29, 1.82) is 0 Å². The van der Waals surface area contributed by atoms with E-state index in [0.717, 1.165) is 11.5 Å². The van der Waals surface area contributed by atoms with Gasteiger partial charge in [-0.2, -0.15) is 0 Å². The molecule has 0 aliphatic heterocycles. The second-order valence-electron chi connectivity index (χ2n) is 4.75. The van der Waals surface area contributed by atoms with Crippen molar-refractivity contribution in [2.24, 2.45) is 0 Å². The van der Waals surface area contributed by atoms with Gasteiger partial charge in [-0.05, 0) is 13.0 Å². The van der Waals surface area contributed by atoms with Gasteiger partial charge in [0.05, 0.1) is 12.7 Å². The Bertz CT molecular complexity index is 622. The Kier molecular flexibility index (Phi) is 5.48. The second kappa shape index (κ2) is 7.56. The van der Waals surface area contributed by atoms with Crippen LogP contribution in [0, 0.1) is 6.92 Å². The molecule has 2 aromatic heterocycles. The SMILES string of the molecule is COCc1ncc(C)n1CCNC(=O)c1ccc(OC)nc1. The summed E-state index contributed by atoms with van der Waals surface area (Å²) >= 11 is 0. The van der Waals surface area contributed by atoms with Crippen LogP contribution in [0.5, 0.6) is 5.88 Å². The van der Waals surface area contributed by atoms with Crippen molar-refractivity contribution in [3.8, 4) is 5.88 Å².